The van der Waals surface area contributed by atoms with Crippen molar-refractivity contribution in [3.63, 3.8) is 0 Å². The Bertz CT molecular complexity index is 729. The molecule has 1 aromatic heterocycles. The molecule has 0 N–H and O–H groups in total. The molecule has 0 bridgehead atoms. The molecular formula is C16H15Cl2N3O. The number of benzene rings is 1. The van der Waals surface area contributed by atoms with Crippen LogP contribution in [0.2, 0.25) is 10.3 Å². The normalized spacial score (nSPS) is 13.9. The molecule has 0 radical (unpaired) electrons. The van der Waals surface area contributed by atoms with Gasteiger partial charge in [-0.2, -0.15) is 0 Å². The molecule has 0 unspecified atom stereocenters. The highest BCUT2D eigenvalue weighted by Gasteiger charge is 2.33. The van der Waals surface area contributed by atoms with E-state index in [0.717, 1.165) is 16.8 Å². The van der Waals surface area contributed by atoms with Crippen molar-refractivity contribution in [3.05, 3.63) is 57.1 Å². The Balaban J connectivity index is 1.99. The minimum absolute atomic E-state index is 0.0772. The molecule has 0 spiro atoms. The lowest BCUT2D eigenvalue weighted by atomic mass is 10.1. The maximum atomic E-state index is 12.4. The molecule has 4 nitrogen and oxygen atoms in total. The van der Waals surface area contributed by atoms with Crippen LogP contribution in [0.15, 0.2) is 24.3 Å². The standard InChI is InChI=1S/C16H15Cl2N3O/c1-9(2)21-8-12-13(7-10-3-5-11(17)6-4-10)19-16(18)20-14(12)15(21)22/h3-6,9H,7-8H2,1-2H3. The molecule has 3 rings (SSSR count). The number of carbonyl (C=O) groups excluding carboxylic acids is 1. The molecule has 0 saturated carbocycles. The predicted octanol–water partition coefficient (Wildman–Crippen LogP) is 3.74. The van der Waals surface area contributed by atoms with Gasteiger partial charge in [-0.25, -0.2) is 9.97 Å². The molecule has 0 saturated heterocycles. The lowest BCUT2D eigenvalue weighted by Crippen LogP contribution is -2.31. The smallest absolute Gasteiger partial charge is 0.273 e. The molecule has 0 aliphatic carbocycles. The van der Waals surface area contributed by atoms with Crippen LogP contribution >= 0.6 is 23.2 Å². The summed E-state index contributed by atoms with van der Waals surface area (Å²) in [5.74, 6) is -0.0772. The van der Waals surface area contributed by atoms with E-state index in [-0.39, 0.29) is 17.2 Å². The van der Waals surface area contributed by atoms with Gasteiger partial charge < -0.3 is 4.90 Å². The van der Waals surface area contributed by atoms with Crippen molar-refractivity contribution in [2.75, 3.05) is 0 Å². The molecule has 2 aromatic rings. The van der Waals surface area contributed by atoms with Gasteiger partial charge in [0.1, 0.15) is 5.69 Å². The van der Waals surface area contributed by atoms with Crippen molar-refractivity contribution in [1.82, 2.24) is 14.9 Å². The fraction of sp³-hybridized carbons (Fsp3) is 0.312. The van der Waals surface area contributed by atoms with E-state index in [1.165, 1.54) is 0 Å². The first-order valence-corrected chi connectivity index (χ1v) is 7.82. The number of rotatable bonds is 3. The number of carbonyl (C=O) groups is 1. The van der Waals surface area contributed by atoms with Gasteiger partial charge in [-0.15, -0.1) is 0 Å². The minimum atomic E-state index is -0.0772. The number of hydrogen-bond donors (Lipinski definition) is 0. The molecule has 22 heavy (non-hydrogen) atoms. The number of halogens is 2. The van der Waals surface area contributed by atoms with Gasteiger partial charge in [-0.3, -0.25) is 4.79 Å². The Hall–Kier alpha value is -1.65. The summed E-state index contributed by atoms with van der Waals surface area (Å²) in [5.41, 5.74) is 3.17. The van der Waals surface area contributed by atoms with Crippen molar-refractivity contribution in [3.8, 4) is 0 Å². The van der Waals surface area contributed by atoms with E-state index in [9.17, 15) is 4.79 Å². The minimum Gasteiger partial charge on any atom is -0.330 e. The molecule has 1 aromatic carbocycles. The summed E-state index contributed by atoms with van der Waals surface area (Å²) in [6.45, 7) is 4.50. The van der Waals surface area contributed by atoms with Crippen LogP contribution in [-0.2, 0) is 13.0 Å². The van der Waals surface area contributed by atoms with Gasteiger partial charge in [0.25, 0.3) is 5.91 Å². The molecule has 0 atom stereocenters. The van der Waals surface area contributed by atoms with E-state index < -0.39 is 0 Å². The summed E-state index contributed by atoms with van der Waals surface area (Å²) in [5, 5.41) is 0.803. The number of fused-ring (bicyclic) bond motifs is 1. The number of hydrogen-bond acceptors (Lipinski definition) is 3. The first-order valence-electron chi connectivity index (χ1n) is 7.06. The SMILES string of the molecule is CC(C)N1Cc2c(Cc3ccc(Cl)cc3)nc(Cl)nc2C1=O. The van der Waals surface area contributed by atoms with Crippen LogP contribution < -0.4 is 0 Å². The number of amides is 1. The number of nitrogens with zero attached hydrogens (tertiary/aromatic N) is 3. The highest BCUT2D eigenvalue weighted by atomic mass is 35.5. The van der Waals surface area contributed by atoms with Crippen molar-refractivity contribution >= 4 is 29.1 Å². The van der Waals surface area contributed by atoms with Gasteiger partial charge in [0, 0.05) is 23.0 Å². The van der Waals surface area contributed by atoms with Gasteiger partial charge in [-0.05, 0) is 43.1 Å². The topological polar surface area (TPSA) is 46.1 Å². The molecule has 2 heterocycles. The van der Waals surface area contributed by atoms with Gasteiger partial charge in [0.15, 0.2) is 0 Å². The molecule has 1 aliphatic rings. The molecule has 1 amide bonds. The Morgan fingerprint density at radius 1 is 1.18 bits per heavy atom. The van der Waals surface area contributed by atoms with E-state index >= 15 is 0 Å². The summed E-state index contributed by atoms with van der Waals surface area (Å²) in [7, 11) is 0. The fourth-order valence-electron chi connectivity index (χ4n) is 2.58. The molecule has 1 aliphatic heterocycles. The summed E-state index contributed by atoms with van der Waals surface area (Å²) in [6, 6.07) is 7.68. The highest BCUT2D eigenvalue weighted by molar-refractivity contribution is 6.30. The average Bonchev–Trinajstić information content (AvgIpc) is 2.79. The van der Waals surface area contributed by atoms with Crippen LogP contribution in [0.1, 0.15) is 41.2 Å². The molecule has 0 fully saturated rings. The second kappa shape index (κ2) is 5.86. The maximum absolute atomic E-state index is 12.4. The number of aromatic nitrogens is 2. The second-order valence-electron chi connectivity index (χ2n) is 5.60. The third-order valence-electron chi connectivity index (χ3n) is 3.77. The van der Waals surface area contributed by atoms with Crippen LogP contribution in [0.4, 0.5) is 0 Å². The summed E-state index contributed by atoms with van der Waals surface area (Å²) in [6.07, 6.45) is 0.598. The highest BCUT2D eigenvalue weighted by Crippen LogP contribution is 2.28. The van der Waals surface area contributed by atoms with Gasteiger partial charge >= 0.3 is 0 Å². The first-order chi connectivity index (χ1) is 10.5. The zero-order chi connectivity index (χ0) is 15.9. The largest absolute Gasteiger partial charge is 0.330 e. The first kappa shape index (κ1) is 15.3. The molecule has 114 valence electrons. The Kier molecular flexibility index (Phi) is 4.06. The van der Waals surface area contributed by atoms with E-state index in [2.05, 4.69) is 9.97 Å². The summed E-state index contributed by atoms with van der Waals surface area (Å²) in [4.78, 5) is 22.6. The molecular weight excluding hydrogens is 321 g/mol. The van der Waals surface area contributed by atoms with Gasteiger partial charge in [0.05, 0.1) is 12.2 Å². The molecule has 6 heteroatoms. The average molecular weight is 336 g/mol. The monoisotopic (exact) mass is 335 g/mol. The van der Waals surface area contributed by atoms with Crippen LogP contribution in [-0.4, -0.2) is 26.8 Å². The van der Waals surface area contributed by atoms with E-state index in [4.69, 9.17) is 23.2 Å². The van der Waals surface area contributed by atoms with E-state index in [1.807, 2.05) is 38.1 Å². The summed E-state index contributed by atoms with van der Waals surface area (Å²) >= 11 is 11.9. The van der Waals surface area contributed by atoms with E-state index in [1.54, 1.807) is 4.90 Å². The predicted molar refractivity (Wildman–Crippen MR) is 86.3 cm³/mol. The van der Waals surface area contributed by atoms with Crippen LogP contribution in [0, 0.1) is 0 Å². The van der Waals surface area contributed by atoms with Crippen molar-refractivity contribution < 1.29 is 4.79 Å². The Morgan fingerprint density at radius 3 is 2.50 bits per heavy atom. The van der Waals surface area contributed by atoms with Crippen molar-refractivity contribution in [1.29, 1.82) is 0 Å². The van der Waals surface area contributed by atoms with Crippen molar-refractivity contribution in [2.45, 2.75) is 32.9 Å². The lowest BCUT2D eigenvalue weighted by molar-refractivity contribution is 0.0726. The summed E-state index contributed by atoms with van der Waals surface area (Å²) < 4.78 is 0. The lowest BCUT2D eigenvalue weighted by Gasteiger charge is -2.19. The van der Waals surface area contributed by atoms with Crippen LogP contribution in [0.25, 0.3) is 0 Å². The third kappa shape index (κ3) is 2.81. The zero-order valence-corrected chi connectivity index (χ0v) is 13.8. The van der Waals surface area contributed by atoms with Gasteiger partial charge in [-0.1, -0.05) is 23.7 Å². The Morgan fingerprint density at radius 2 is 1.86 bits per heavy atom. The maximum Gasteiger partial charge on any atom is 0.273 e. The zero-order valence-electron chi connectivity index (χ0n) is 12.3. The fourth-order valence-corrected chi connectivity index (χ4v) is 2.89. The van der Waals surface area contributed by atoms with Crippen LogP contribution in [0.3, 0.4) is 0 Å². The van der Waals surface area contributed by atoms with Crippen LogP contribution in [0.5, 0.6) is 0 Å². The quantitative estimate of drug-likeness (QED) is 0.802. The third-order valence-corrected chi connectivity index (χ3v) is 4.19. The van der Waals surface area contributed by atoms with E-state index in [0.29, 0.717) is 23.7 Å². The Labute approximate surface area is 139 Å². The second-order valence-corrected chi connectivity index (χ2v) is 6.37. The van der Waals surface area contributed by atoms with Gasteiger partial charge in [0.2, 0.25) is 5.28 Å². The van der Waals surface area contributed by atoms with Crippen molar-refractivity contribution in [2.24, 2.45) is 0 Å².